The summed E-state index contributed by atoms with van der Waals surface area (Å²) >= 11 is 0. The van der Waals surface area contributed by atoms with E-state index in [0.29, 0.717) is 17.5 Å². The van der Waals surface area contributed by atoms with Gasteiger partial charge in [0.25, 0.3) is 0 Å². The highest BCUT2D eigenvalue weighted by molar-refractivity contribution is 6.11. The van der Waals surface area contributed by atoms with Crippen molar-refractivity contribution in [2.75, 3.05) is 0 Å². The highest BCUT2D eigenvalue weighted by atomic mass is 15.1. The maximum absolute atomic E-state index is 5.26. The van der Waals surface area contributed by atoms with Crippen LogP contribution in [0, 0.1) is 13.8 Å². The molecule has 0 aliphatic rings. The fraction of sp³-hybridized carbons (Fsp3) is 0.0385. The van der Waals surface area contributed by atoms with Crippen LogP contribution < -0.4 is 0 Å². The molecule has 0 aliphatic heterocycles. The Labute approximate surface area is 331 Å². The summed E-state index contributed by atoms with van der Waals surface area (Å²) in [6.45, 7) is 4.25. The van der Waals surface area contributed by atoms with Crippen LogP contribution >= 0.6 is 0 Å². The first-order valence-corrected chi connectivity index (χ1v) is 19.2. The third-order valence-corrected chi connectivity index (χ3v) is 10.7. The van der Waals surface area contributed by atoms with E-state index in [2.05, 4.69) is 133 Å². The molecule has 10 rings (SSSR count). The third kappa shape index (κ3) is 6.45. The highest BCUT2D eigenvalue weighted by Gasteiger charge is 2.21. The van der Waals surface area contributed by atoms with E-state index >= 15 is 0 Å². The number of fused-ring (bicyclic) bond motifs is 3. The van der Waals surface area contributed by atoms with E-state index < -0.39 is 0 Å². The van der Waals surface area contributed by atoms with Gasteiger partial charge in [0.2, 0.25) is 0 Å². The van der Waals surface area contributed by atoms with Gasteiger partial charge in [0.05, 0.1) is 16.7 Å². The fourth-order valence-corrected chi connectivity index (χ4v) is 7.68. The van der Waals surface area contributed by atoms with Crippen molar-refractivity contribution in [1.82, 2.24) is 24.5 Å². The van der Waals surface area contributed by atoms with E-state index in [9.17, 15) is 0 Å². The smallest absolute Gasteiger partial charge is 0.166 e. The summed E-state index contributed by atoms with van der Waals surface area (Å²) in [5, 5.41) is 2.34. The highest BCUT2D eigenvalue weighted by Crippen LogP contribution is 2.41. The lowest BCUT2D eigenvalue weighted by molar-refractivity contribution is 1.06. The lowest BCUT2D eigenvalue weighted by Crippen LogP contribution is -2.04. The lowest BCUT2D eigenvalue weighted by atomic mass is 10.0. The number of benzene rings is 7. The molecule has 0 saturated carbocycles. The molecule has 0 amide bonds. The zero-order valence-electron chi connectivity index (χ0n) is 31.6. The summed E-state index contributed by atoms with van der Waals surface area (Å²) in [6.07, 6.45) is 3.71. The molecular weight excluding hydrogens is 695 g/mol. The maximum atomic E-state index is 5.26. The Morgan fingerprint density at radius 3 is 1.33 bits per heavy atom. The molecule has 3 heterocycles. The number of aryl methyl sites for hydroxylation is 2. The predicted octanol–water partition coefficient (Wildman–Crippen LogP) is 13.0. The minimum absolute atomic E-state index is 0.586. The summed E-state index contributed by atoms with van der Waals surface area (Å²) in [4.78, 5) is 20.0. The molecule has 7 aromatic carbocycles. The quantitative estimate of drug-likeness (QED) is 0.164. The Balaban J connectivity index is 1.29. The number of hydrogen-bond acceptors (Lipinski definition) is 4. The second-order valence-corrected chi connectivity index (χ2v) is 14.5. The van der Waals surface area contributed by atoms with Gasteiger partial charge in [0.1, 0.15) is 0 Å². The van der Waals surface area contributed by atoms with Gasteiger partial charge in [0.15, 0.2) is 17.5 Å². The van der Waals surface area contributed by atoms with Crippen LogP contribution in [0.2, 0.25) is 0 Å². The van der Waals surface area contributed by atoms with E-state index in [1.807, 2.05) is 72.9 Å². The molecule has 0 radical (unpaired) electrons. The molecular formula is C52H37N5. The maximum Gasteiger partial charge on any atom is 0.166 e. The molecule has 0 spiro atoms. The van der Waals surface area contributed by atoms with Crippen LogP contribution in [0.25, 0.3) is 95.0 Å². The summed E-state index contributed by atoms with van der Waals surface area (Å²) in [5.41, 5.74) is 15.0. The van der Waals surface area contributed by atoms with Crippen molar-refractivity contribution in [2.24, 2.45) is 0 Å². The molecule has 270 valence electrons. The monoisotopic (exact) mass is 731 g/mol. The molecule has 3 aromatic heterocycles. The second-order valence-electron chi connectivity index (χ2n) is 14.5. The van der Waals surface area contributed by atoms with E-state index in [-0.39, 0.29) is 0 Å². The van der Waals surface area contributed by atoms with Crippen LogP contribution in [0.4, 0.5) is 0 Å². The molecule has 0 saturated heterocycles. The van der Waals surface area contributed by atoms with Gasteiger partial charge in [-0.1, -0.05) is 157 Å². The Kier molecular flexibility index (Phi) is 8.53. The first kappa shape index (κ1) is 34.0. The van der Waals surface area contributed by atoms with Gasteiger partial charge in [-0.05, 0) is 72.0 Å². The van der Waals surface area contributed by atoms with Gasteiger partial charge in [0, 0.05) is 45.4 Å². The van der Waals surface area contributed by atoms with Crippen molar-refractivity contribution in [3.63, 3.8) is 0 Å². The van der Waals surface area contributed by atoms with Gasteiger partial charge in [-0.15, -0.1) is 0 Å². The summed E-state index contributed by atoms with van der Waals surface area (Å²) < 4.78 is 2.40. The van der Waals surface area contributed by atoms with E-state index in [0.717, 1.165) is 55.7 Å². The largest absolute Gasteiger partial charge is 0.308 e. The normalized spacial score (nSPS) is 11.3. The number of aromatic nitrogens is 5. The predicted molar refractivity (Wildman–Crippen MR) is 234 cm³/mol. The van der Waals surface area contributed by atoms with Gasteiger partial charge < -0.3 is 4.57 Å². The second kappa shape index (κ2) is 14.3. The summed E-state index contributed by atoms with van der Waals surface area (Å²) in [6, 6.07) is 62.1. The molecule has 0 fully saturated rings. The van der Waals surface area contributed by atoms with Crippen molar-refractivity contribution in [2.45, 2.75) is 13.8 Å². The number of hydrogen-bond donors (Lipinski definition) is 0. The minimum Gasteiger partial charge on any atom is -0.308 e. The number of nitrogens with zero attached hydrogens (tertiary/aromatic N) is 5. The lowest BCUT2D eigenvalue weighted by Gasteiger charge is -2.17. The van der Waals surface area contributed by atoms with Gasteiger partial charge in [-0.3, -0.25) is 4.98 Å². The van der Waals surface area contributed by atoms with Gasteiger partial charge in [-0.25, -0.2) is 15.0 Å². The molecule has 5 nitrogen and oxygen atoms in total. The third-order valence-electron chi connectivity index (χ3n) is 10.7. The topological polar surface area (TPSA) is 56.5 Å². The standard InChI is InChI=1S/C52H37N5/c1-34-15-19-36(20-16-34)41-23-26-44-45-27-24-42(37-21-17-35(2)18-22-37)32-49(45)57(48(44)31-41)47-28-25-40(43-14-9-29-53-33-43)30-46(47)52-55-50(38-10-5-3-6-11-38)54-51(56-52)39-12-7-4-8-13-39/h3-33H,1-2H3. The van der Waals surface area contributed by atoms with Crippen LogP contribution in [-0.4, -0.2) is 24.5 Å². The fourth-order valence-electron chi connectivity index (χ4n) is 7.68. The van der Waals surface area contributed by atoms with Crippen molar-refractivity contribution < 1.29 is 0 Å². The molecule has 0 N–H and O–H groups in total. The van der Waals surface area contributed by atoms with Crippen LogP contribution in [0.3, 0.4) is 0 Å². The Morgan fingerprint density at radius 1 is 0.368 bits per heavy atom. The molecule has 0 aliphatic carbocycles. The van der Waals surface area contributed by atoms with Gasteiger partial charge in [-0.2, -0.15) is 0 Å². The van der Waals surface area contributed by atoms with E-state index in [4.69, 9.17) is 15.0 Å². The van der Waals surface area contributed by atoms with Crippen molar-refractivity contribution >= 4 is 21.8 Å². The number of pyridine rings is 1. The van der Waals surface area contributed by atoms with Crippen LogP contribution in [0.1, 0.15) is 11.1 Å². The first-order chi connectivity index (χ1) is 28.1. The molecule has 5 heteroatoms. The van der Waals surface area contributed by atoms with Crippen LogP contribution in [0.15, 0.2) is 188 Å². The van der Waals surface area contributed by atoms with E-state index in [1.54, 1.807) is 6.20 Å². The van der Waals surface area contributed by atoms with Crippen molar-refractivity contribution in [3.05, 3.63) is 199 Å². The zero-order chi connectivity index (χ0) is 38.3. The first-order valence-electron chi connectivity index (χ1n) is 19.2. The Hall–Kier alpha value is -7.50. The molecule has 0 atom stereocenters. The van der Waals surface area contributed by atoms with Crippen LogP contribution in [-0.2, 0) is 0 Å². The average Bonchev–Trinajstić information content (AvgIpc) is 3.60. The molecule has 0 bridgehead atoms. The number of rotatable bonds is 7. The van der Waals surface area contributed by atoms with Crippen molar-refractivity contribution in [1.29, 1.82) is 0 Å². The Morgan fingerprint density at radius 2 is 0.825 bits per heavy atom. The van der Waals surface area contributed by atoms with Gasteiger partial charge >= 0.3 is 0 Å². The van der Waals surface area contributed by atoms with E-state index in [1.165, 1.54) is 33.0 Å². The molecule has 10 aromatic rings. The van der Waals surface area contributed by atoms with Crippen molar-refractivity contribution in [3.8, 4) is 73.2 Å². The SMILES string of the molecule is Cc1ccc(-c2ccc3c4ccc(-c5ccc(C)cc5)cc4n(-c4ccc(-c5cccnc5)cc4-c4nc(-c5ccccc5)nc(-c5ccccc5)n4)c3c2)cc1. The molecule has 57 heavy (non-hydrogen) atoms. The average molecular weight is 732 g/mol. The zero-order valence-corrected chi connectivity index (χ0v) is 31.6. The summed E-state index contributed by atoms with van der Waals surface area (Å²) in [7, 11) is 0. The van der Waals surface area contributed by atoms with Crippen LogP contribution in [0.5, 0.6) is 0 Å². The molecule has 0 unspecified atom stereocenters. The Bertz CT molecular complexity index is 2880. The minimum atomic E-state index is 0.586. The summed E-state index contributed by atoms with van der Waals surface area (Å²) in [5.74, 6) is 1.81.